The smallest absolute Gasteiger partial charge is 0.417 e. The van der Waals surface area contributed by atoms with Gasteiger partial charge in [0.1, 0.15) is 11.0 Å². The number of hydrogen-bond donors (Lipinski definition) is 0. The highest BCUT2D eigenvalue weighted by Gasteiger charge is 2.43. The Morgan fingerprint density at radius 3 is 1.49 bits per heavy atom. The number of benzene rings is 8. The van der Waals surface area contributed by atoms with Gasteiger partial charge in [-0.05, 0) is 112 Å². The molecule has 59 heavy (non-hydrogen) atoms. The molecule has 0 aliphatic carbocycles. The number of aromatic nitrogens is 2. The Labute approximate surface area is 331 Å². The van der Waals surface area contributed by atoms with Gasteiger partial charge in [-0.25, -0.2) is 9.97 Å². The minimum atomic E-state index is -5.21. The lowest BCUT2D eigenvalue weighted by molar-refractivity contribution is -0.161. The maximum absolute atomic E-state index is 14.0. The van der Waals surface area contributed by atoms with Crippen molar-refractivity contribution in [1.29, 1.82) is 0 Å². The van der Waals surface area contributed by atoms with Crippen molar-refractivity contribution in [3.8, 4) is 34.0 Å². The number of anilines is 3. The highest BCUT2D eigenvalue weighted by molar-refractivity contribution is 6.01. The maximum atomic E-state index is 14.0. The number of nitrogens with zero attached hydrogens (tertiary/aromatic N) is 3. The molecule has 0 amide bonds. The van der Waals surface area contributed by atoms with E-state index in [9.17, 15) is 26.3 Å². The molecule has 8 aromatic carbocycles. The summed E-state index contributed by atoms with van der Waals surface area (Å²) in [4.78, 5) is 11.5. The van der Waals surface area contributed by atoms with E-state index in [1.807, 2.05) is 132 Å². The first-order valence-corrected chi connectivity index (χ1v) is 18.4. The molecule has 5 nitrogen and oxygen atoms in total. The predicted molar refractivity (Wildman–Crippen MR) is 218 cm³/mol. The van der Waals surface area contributed by atoms with Crippen molar-refractivity contribution in [3.63, 3.8) is 0 Å². The molecular weight excluding hydrogens is 765 g/mol. The number of hydrogen-bond acceptors (Lipinski definition) is 5. The fourth-order valence-corrected chi connectivity index (χ4v) is 7.55. The minimum absolute atomic E-state index is 0.0492. The van der Waals surface area contributed by atoms with Gasteiger partial charge in [0.05, 0.1) is 11.1 Å². The first kappa shape index (κ1) is 36.0. The van der Waals surface area contributed by atoms with Crippen LogP contribution in [0.2, 0.25) is 0 Å². The quantitative estimate of drug-likeness (QED) is 0.157. The van der Waals surface area contributed by atoms with Crippen molar-refractivity contribution in [1.82, 2.24) is 9.97 Å². The topological polar surface area (TPSA) is 55.3 Å². The first-order chi connectivity index (χ1) is 28.5. The molecule has 0 N–H and O–H groups in total. The Morgan fingerprint density at radius 1 is 0.407 bits per heavy atom. The van der Waals surface area contributed by atoms with Gasteiger partial charge in [0.25, 0.3) is 0 Å². The van der Waals surface area contributed by atoms with E-state index in [-0.39, 0.29) is 10.8 Å². The van der Waals surface area contributed by atoms with Crippen molar-refractivity contribution in [3.05, 3.63) is 175 Å². The van der Waals surface area contributed by atoms with Gasteiger partial charge in [0.15, 0.2) is 11.2 Å². The number of alkyl halides is 6. The SMILES string of the molecule is FC(F)(F)c1cc2cccc(-c3ccc4cc(N(c5ccc6nc(-c7ccccc7)oc6c5)c5ccc6nc(-c7ccccc7)oc6c5)ccc4c3)c2cc1C(F)(F)F. The van der Waals surface area contributed by atoms with Crippen molar-refractivity contribution >= 4 is 60.8 Å². The molecular formula is C48H27F6N3O2. The van der Waals surface area contributed by atoms with E-state index < -0.39 is 23.5 Å². The van der Waals surface area contributed by atoms with Crippen molar-refractivity contribution < 1.29 is 35.2 Å². The molecule has 10 rings (SSSR count). The van der Waals surface area contributed by atoms with E-state index in [4.69, 9.17) is 18.8 Å². The van der Waals surface area contributed by atoms with Crippen molar-refractivity contribution in [2.45, 2.75) is 12.4 Å². The Kier molecular flexibility index (Phi) is 8.31. The zero-order valence-electron chi connectivity index (χ0n) is 30.5. The Morgan fingerprint density at radius 2 is 0.915 bits per heavy atom. The average molecular weight is 792 g/mol. The van der Waals surface area contributed by atoms with Crippen LogP contribution in [0.5, 0.6) is 0 Å². The molecule has 0 aliphatic heterocycles. The molecule has 0 spiro atoms. The molecule has 0 fully saturated rings. The molecule has 0 unspecified atom stereocenters. The number of halogens is 6. The fourth-order valence-electron chi connectivity index (χ4n) is 7.55. The Balaban J connectivity index is 1.09. The Hall–Kier alpha value is -7.40. The first-order valence-electron chi connectivity index (χ1n) is 18.4. The summed E-state index contributed by atoms with van der Waals surface area (Å²) in [5.74, 6) is 0.980. The van der Waals surface area contributed by atoms with E-state index in [0.717, 1.165) is 39.0 Å². The summed E-state index contributed by atoms with van der Waals surface area (Å²) in [7, 11) is 0. The van der Waals surface area contributed by atoms with Gasteiger partial charge < -0.3 is 13.7 Å². The van der Waals surface area contributed by atoms with Crippen LogP contribution in [0.1, 0.15) is 11.1 Å². The normalized spacial score (nSPS) is 12.2. The highest BCUT2D eigenvalue weighted by Crippen LogP contribution is 2.45. The summed E-state index contributed by atoms with van der Waals surface area (Å²) in [5.41, 5.74) is 3.99. The standard InChI is InChI=1S/C48H27F6N3O2/c49-47(50,51)39-24-32-12-7-13-37(38(32)27-40(39)48(52,53)54)33-15-14-31-23-34(17-16-30(31)22-33)57(35-18-20-41-43(25-35)58-45(55-41)28-8-3-1-4-9-28)36-19-21-42-44(26-36)59-46(56-42)29-10-5-2-6-11-29/h1-27H. The van der Waals surface area contributed by atoms with Gasteiger partial charge in [-0.15, -0.1) is 0 Å². The van der Waals surface area contributed by atoms with Crippen LogP contribution >= 0.6 is 0 Å². The van der Waals surface area contributed by atoms with Gasteiger partial charge in [-0.1, -0.05) is 72.8 Å². The van der Waals surface area contributed by atoms with Gasteiger partial charge in [0.2, 0.25) is 11.8 Å². The van der Waals surface area contributed by atoms with Crippen LogP contribution in [-0.4, -0.2) is 9.97 Å². The van der Waals surface area contributed by atoms with E-state index >= 15 is 0 Å². The van der Waals surface area contributed by atoms with Crippen LogP contribution in [0, 0.1) is 0 Å². The molecule has 2 aromatic heterocycles. The molecule has 0 bridgehead atoms. The molecule has 2 heterocycles. The molecule has 0 aliphatic rings. The summed E-state index contributed by atoms with van der Waals surface area (Å²) < 4.78 is 95.7. The van der Waals surface area contributed by atoms with Crippen LogP contribution in [0.15, 0.2) is 173 Å². The molecule has 0 radical (unpaired) electrons. The van der Waals surface area contributed by atoms with Crippen LogP contribution in [-0.2, 0) is 12.4 Å². The van der Waals surface area contributed by atoms with Crippen molar-refractivity contribution in [2.75, 3.05) is 4.90 Å². The third-order valence-electron chi connectivity index (χ3n) is 10.3. The number of fused-ring (bicyclic) bond motifs is 4. The molecule has 0 saturated carbocycles. The number of oxazole rings is 2. The lowest BCUT2D eigenvalue weighted by atomic mass is 9.92. The third kappa shape index (κ3) is 6.60. The molecule has 10 aromatic rings. The molecule has 0 saturated heterocycles. The summed E-state index contributed by atoms with van der Waals surface area (Å²) in [6.45, 7) is 0. The Bertz CT molecular complexity index is 3090. The third-order valence-corrected chi connectivity index (χ3v) is 10.3. The van der Waals surface area contributed by atoms with E-state index in [1.54, 1.807) is 18.2 Å². The maximum Gasteiger partial charge on any atom is 0.417 e. The van der Waals surface area contributed by atoms with Crippen LogP contribution in [0.25, 0.3) is 77.8 Å². The molecule has 288 valence electrons. The second-order valence-electron chi connectivity index (χ2n) is 14.1. The summed E-state index contributed by atoms with van der Waals surface area (Å²) >= 11 is 0. The van der Waals surface area contributed by atoms with Crippen LogP contribution in [0.3, 0.4) is 0 Å². The lowest BCUT2D eigenvalue weighted by Gasteiger charge is -2.25. The fraction of sp³-hybridized carbons (Fsp3) is 0.0417. The van der Waals surface area contributed by atoms with E-state index in [2.05, 4.69) is 0 Å². The van der Waals surface area contributed by atoms with Gasteiger partial charge in [-0.3, -0.25) is 0 Å². The largest absolute Gasteiger partial charge is 0.436 e. The van der Waals surface area contributed by atoms with Gasteiger partial charge in [0, 0.05) is 40.3 Å². The second kappa shape index (κ2) is 13.6. The molecule has 11 heteroatoms. The highest BCUT2D eigenvalue weighted by atomic mass is 19.4. The zero-order chi connectivity index (χ0) is 40.5. The number of rotatable bonds is 6. The minimum Gasteiger partial charge on any atom is -0.436 e. The monoisotopic (exact) mass is 791 g/mol. The van der Waals surface area contributed by atoms with Gasteiger partial charge >= 0.3 is 12.4 Å². The second-order valence-corrected chi connectivity index (χ2v) is 14.1. The molecule has 0 atom stereocenters. The predicted octanol–water partition coefficient (Wildman–Crippen LogP) is 14.8. The summed E-state index contributed by atoms with van der Waals surface area (Å²) in [5, 5.41) is 1.69. The van der Waals surface area contributed by atoms with Crippen LogP contribution in [0.4, 0.5) is 43.4 Å². The van der Waals surface area contributed by atoms with Gasteiger partial charge in [-0.2, -0.15) is 26.3 Å². The van der Waals surface area contributed by atoms with E-state index in [0.29, 0.717) is 57.2 Å². The zero-order valence-corrected chi connectivity index (χ0v) is 30.5. The lowest BCUT2D eigenvalue weighted by Crippen LogP contribution is -2.16. The van der Waals surface area contributed by atoms with Crippen LogP contribution < -0.4 is 4.90 Å². The van der Waals surface area contributed by atoms with Crippen molar-refractivity contribution in [2.24, 2.45) is 0 Å². The summed E-state index contributed by atoms with van der Waals surface area (Å²) in [6.07, 6.45) is -10.4. The average Bonchev–Trinajstić information content (AvgIpc) is 3.87. The van der Waals surface area contributed by atoms with E-state index in [1.165, 1.54) is 6.07 Å². The summed E-state index contributed by atoms with van der Waals surface area (Å²) in [6, 6.07) is 47.7.